The van der Waals surface area contributed by atoms with Crippen molar-refractivity contribution in [2.45, 2.75) is 24.8 Å². The maximum atomic E-state index is 13.3. The van der Waals surface area contributed by atoms with Crippen molar-refractivity contribution < 1.29 is 18.1 Å². The molecule has 0 aliphatic carbocycles. The number of rotatable bonds is 9. The van der Waals surface area contributed by atoms with Gasteiger partial charge in [0.25, 0.3) is 11.6 Å². The molecular weight excluding hydrogens is 556 g/mol. The summed E-state index contributed by atoms with van der Waals surface area (Å²) < 4.78 is 24.9. The van der Waals surface area contributed by atoms with E-state index in [-0.39, 0.29) is 10.5 Å². The first-order chi connectivity index (χ1) is 14.5. The summed E-state index contributed by atoms with van der Waals surface area (Å²) >= 11 is 6.73. The van der Waals surface area contributed by atoms with Crippen LogP contribution in [0.2, 0.25) is 0 Å². The molecule has 2 rings (SSSR count). The molecule has 1 aromatic rings. The van der Waals surface area contributed by atoms with Gasteiger partial charge in [0.1, 0.15) is 5.56 Å². The topological polar surface area (TPSA) is 104 Å². The molecule has 0 saturated carbocycles. The van der Waals surface area contributed by atoms with E-state index in [1.807, 2.05) is 0 Å². The van der Waals surface area contributed by atoms with E-state index in [1.54, 1.807) is 9.80 Å². The van der Waals surface area contributed by atoms with Gasteiger partial charge in [-0.05, 0) is 19.9 Å². The Bertz CT molecular complexity index is 912. The van der Waals surface area contributed by atoms with Crippen molar-refractivity contribution in [1.29, 1.82) is 0 Å². The van der Waals surface area contributed by atoms with Gasteiger partial charge in [0.15, 0.2) is 9.84 Å². The molecule has 12 heteroatoms. The summed E-state index contributed by atoms with van der Waals surface area (Å²) in [4.78, 5) is 29.8. The average Bonchev–Trinajstić information content (AvgIpc) is 2.71. The number of anilines is 1. The predicted molar refractivity (Wildman–Crippen MR) is 129 cm³/mol. The molecule has 1 aromatic carbocycles. The third-order valence-electron chi connectivity index (χ3n) is 5.29. The summed E-state index contributed by atoms with van der Waals surface area (Å²) in [5, 5.41) is 12.9. The average molecular weight is 584 g/mol. The molecule has 0 aromatic heterocycles. The maximum Gasteiger partial charge on any atom is 0.283 e. The van der Waals surface area contributed by atoms with Crippen LogP contribution in [0.3, 0.4) is 0 Å². The Morgan fingerprint density at radius 1 is 1.16 bits per heavy atom. The SMILES string of the molecule is CC(C)N1CCN(C(=O)c2cc(N(CCBr)CCBr)c(S(C)(=O)=O)cc2[N+](=O)[O-])CC1. The van der Waals surface area contributed by atoms with Crippen LogP contribution >= 0.6 is 31.9 Å². The third-order valence-corrected chi connectivity index (χ3v) is 7.12. The molecule has 0 spiro atoms. The lowest BCUT2D eigenvalue weighted by Gasteiger charge is -2.37. The van der Waals surface area contributed by atoms with Gasteiger partial charge in [-0.1, -0.05) is 31.9 Å². The van der Waals surface area contributed by atoms with Crippen LogP contribution < -0.4 is 4.90 Å². The van der Waals surface area contributed by atoms with Crippen LogP contribution in [0.4, 0.5) is 11.4 Å². The third kappa shape index (κ3) is 6.39. The molecule has 1 aliphatic heterocycles. The lowest BCUT2D eigenvalue weighted by Crippen LogP contribution is -2.50. The number of carbonyl (C=O) groups excluding carboxylic acids is 1. The first-order valence-corrected chi connectivity index (χ1v) is 14.1. The number of nitro benzene ring substituents is 1. The molecule has 9 nitrogen and oxygen atoms in total. The van der Waals surface area contributed by atoms with E-state index in [9.17, 15) is 23.3 Å². The molecule has 1 fully saturated rings. The second-order valence-electron chi connectivity index (χ2n) is 7.65. The number of halogens is 2. The van der Waals surface area contributed by atoms with Crippen LogP contribution in [-0.4, -0.2) is 91.3 Å². The molecule has 0 bridgehead atoms. The van der Waals surface area contributed by atoms with Crippen LogP contribution in [0.5, 0.6) is 0 Å². The quantitative estimate of drug-likeness (QED) is 0.250. The van der Waals surface area contributed by atoms with E-state index in [0.29, 0.717) is 61.7 Å². The van der Waals surface area contributed by atoms with Gasteiger partial charge in [0.05, 0.1) is 15.5 Å². The number of hydrogen-bond acceptors (Lipinski definition) is 7. The number of amides is 1. The number of carbonyl (C=O) groups is 1. The van der Waals surface area contributed by atoms with E-state index in [1.165, 1.54) is 6.07 Å². The Morgan fingerprint density at radius 3 is 2.13 bits per heavy atom. The monoisotopic (exact) mass is 582 g/mol. The number of nitrogens with zero attached hydrogens (tertiary/aromatic N) is 4. The fourth-order valence-electron chi connectivity index (χ4n) is 3.59. The smallest absolute Gasteiger partial charge is 0.283 e. The number of hydrogen-bond donors (Lipinski definition) is 0. The van der Waals surface area contributed by atoms with Gasteiger partial charge < -0.3 is 9.80 Å². The molecule has 1 saturated heterocycles. The van der Waals surface area contributed by atoms with E-state index < -0.39 is 26.4 Å². The highest BCUT2D eigenvalue weighted by molar-refractivity contribution is 9.09. The minimum atomic E-state index is -3.76. The van der Waals surface area contributed by atoms with Gasteiger partial charge >= 0.3 is 0 Å². The van der Waals surface area contributed by atoms with Gasteiger partial charge in [-0.3, -0.25) is 19.8 Å². The number of alkyl halides is 2. The largest absolute Gasteiger partial charge is 0.369 e. The van der Waals surface area contributed by atoms with Gasteiger partial charge in [-0.25, -0.2) is 8.42 Å². The number of nitro groups is 1. The van der Waals surface area contributed by atoms with Crippen LogP contribution in [0.25, 0.3) is 0 Å². The van der Waals surface area contributed by atoms with Crippen molar-refractivity contribution in [3.8, 4) is 0 Å². The van der Waals surface area contributed by atoms with E-state index in [2.05, 4.69) is 50.6 Å². The fourth-order valence-corrected chi connectivity index (χ4v) is 5.34. The van der Waals surface area contributed by atoms with Crippen molar-refractivity contribution >= 4 is 59.0 Å². The summed E-state index contributed by atoms with van der Waals surface area (Å²) in [5.74, 6) is -0.450. The summed E-state index contributed by atoms with van der Waals surface area (Å²) in [6.45, 7) is 7.42. The molecule has 0 N–H and O–H groups in total. The Kier molecular flexibility index (Phi) is 9.28. The van der Waals surface area contributed by atoms with Gasteiger partial charge in [0.2, 0.25) is 0 Å². The van der Waals surface area contributed by atoms with Crippen LogP contribution in [0.15, 0.2) is 17.0 Å². The van der Waals surface area contributed by atoms with Crippen molar-refractivity contribution in [2.75, 3.05) is 61.1 Å². The van der Waals surface area contributed by atoms with Gasteiger partial charge in [-0.2, -0.15) is 0 Å². The minimum absolute atomic E-state index is 0.0838. The second kappa shape index (κ2) is 11.1. The summed E-state index contributed by atoms with van der Waals surface area (Å²) in [7, 11) is -3.76. The predicted octanol–water partition coefficient (Wildman–Crippen LogP) is 2.76. The zero-order chi connectivity index (χ0) is 23.3. The van der Waals surface area contributed by atoms with Gasteiger partial charge in [0, 0.05) is 68.3 Å². The van der Waals surface area contributed by atoms with E-state index in [4.69, 9.17) is 0 Å². The fraction of sp³-hybridized carbons (Fsp3) is 0.632. The highest BCUT2D eigenvalue weighted by Gasteiger charge is 2.32. The van der Waals surface area contributed by atoms with Crippen molar-refractivity contribution in [3.05, 3.63) is 27.8 Å². The molecular formula is C19H28Br2N4O5S. The van der Waals surface area contributed by atoms with Crippen LogP contribution in [0.1, 0.15) is 24.2 Å². The number of piperazine rings is 1. The Labute approximate surface area is 200 Å². The first kappa shape index (κ1) is 26.0. The maximum absolute atomic E-state index is 13.3. The molecule has 0 atom stereocenters. The van der Waals surface area contributed by atoms with Crippen LogP contribution in [-0.2, 0) is 9.84 Å². The summed E-state index contributed by atoms with van der Waals surface area (Å²) in [6.07, 6.45) is 1.02. The number of benzene rings is 1. The zero-order valence-electron chi connectivity index (χ0n) is 17.9. The minimum Gasteiger partial charge on any atom is -0.369 e. The van der Waals surface area contributed by atoms with Crippen molar-refractivity contribution in [2.24, 2.45) is 0 Å². The molecule has 31 heavy (non-hydrogen) atoms. The molecule has 1 aliphatic rings. The highest BCUT2D eigenvalue weighted by Crippen LogP contribution is 2.34. The lowest BCUT2D eigenvalue weighted by molar-refractivity contribution is -0.385. The van der Waals surface area contributed by atoms with Crippen molar-refractivity contribution in [3.63, 3.8) is 0 Å². The first-order valence-electron chi connectivity index (χ1n) is 9.94. The number of sulfone groups is 1. The Morgan fingerprint density at radius 2 is 1.71 bits per heavy atom. The lowest BCUT2D eigenvalue weighted by atomic mass is 10.1. The summed E-state index contributed by atoms with van der Waals surface area (Å²) in [5.41, 5.74) is -0.270. The molecule has 0 unspecified atom stereocenters. The molecule has 1 heterocycles. The molecule has 174 valence electrons. The molecule has 1 amide bonds. The zero-order valence-corrected chi connectivity index (χ0v) is 21.9. The Balaban J connectivity index is 2.56. The van der Waals surface area contributed by atoms with Gasteiger partial charge in [-0.15, -0.1) is 0 Å². The normalized spacial score (nSPS) is 15.4. The Hall–Kier alpha value is -1.24. The van der Waals surface area contributed by atoms with E-state index >= 15 is 0 Å². The van der Waals surface area contributed by atoms with Crippen molar-refractivity contribution in [1.82, 2.24) is 9.80 Å². The molecule has 0 radical (unpaired) electrons. The standard InChI is InChI=1S/C19H28Br2N4O5S/c1-14(2)22-8-10-24(11-9-22)19(26)15-12-17(23(6-4-20)7-5-21)18(31(3,29)30)13-16(15)25(27)28/h12-14H,4-11H2,1-3H3. The van der Waals surface area contributed by atoms with E-state index in [0.717, 1.165) is 12.3 Å². The second-order valence-corrected chi connectivity index (χ2v) is 11.2. The highest BCUT2D eigenvalue weighted by atomic mass is 79.9. The summed E-state index contributed by atoms with van der Waals surface area (Å²) in [6, 6.07) is 2.75. The van der Waals surface area contributed by atoms with Crippen LogP contribution in [0, 0.1) is 10.1 Å².